The molecule has 44 heavy (non-hydrogen) atoms. The first-order valence-electron chi connectivity index (χ1n) is 14.9. The highest BCUT2D eigenvalue weighted by molar-refractivity contribution is 7.90. The number of benzene rings is 1. The molecule has 5 rings (SSSR count). The predicted octanol–water partition coefficient (Wildman–Crippen LogP) is 4.50. The largest absolute Gasteiger partial charge is 0.374 e. The normalized spacial score (nSPS) is 18.0. The number of hydrogen-bond donors (Lipinski definition) is 2. The SMILES string of the molecule is C=CC(=O)N1CCN(C[C@@H](Nc2cc(C)c(C(=O)Nc3ncccc3C)cc2S(C)(=O)=O)c2ccc(C3CC3)cn2)C[C@H]1C. The Kier molecular flexibility index (Phi) is 9.17. The number of piperazine rings is 1. The summed E-state index contributed by atoms with van der Waals surface area (Å²) in [6.07, 6.45) is 8.34. The van der Waals surface area contributed by atoms with Crippen LogP contribution in [0.2, 0.25) is 0 Å². The van der Waals surface area contributed by atoms with Crippen molar-refractivity contribution in [3.8, 4) is 0 Å². The number of pyridine rings is 2. The zero-order valence-electron chi connectivity index (χ0n) is 25.7. The van der Waals surface area contributed by atoms with Crippen molar-refractivity contribution in [2.75, 3.05) is 43.1 Å². The van der Waals surface area contributed by atoms with E-state index in [1.54, 1.807) is 25.3 Å². The van der Waals surface area contributed by atoms with Crippen molar-refractivity contribution in [3.05, 3.63) is 89.4 Å². The van der Waals surface area contributed by atoms with Crippen LogP contribution >= 0.6 is 0 Å². The van der Waals surface area contributed by atoms with Gasteiger partial charge in [-0.25, -0.2) is 13.4 Å². The van der Waals surface area contributed by atoms with Gasteiger partial charge in [0.1, 0.15) is 5.82 Å². The Labute approximate surface area is 259 Å². The second-order valence-electron chi connectivity index (χ2n) is 11.9. The van der Waals surface area contributed by atoms with Crippen molar-refractivity contribution in [2.24, 2.45) is 0 Å². The summed E-state index contributed by atoms with van der Waals surface area (Å²) < 4.78 is 26.2. The number of amides is 2. The minimum atomic E-state index is -3.73. The Balaban J connectivity index is 1.45. The fraction of sp³-hybridized carbons (Fsp3) is 0.394. The van der Waals surface area contributed by atoms with Gasteiger partial charge in [-0.15, -0.1) is 0 Å². The minimum Gasteiger partial charge on any atom is -0.374 e. The lowest BCUT2D eigenvalue weighted by molar-refractivity contribution is -0.130. The van der Waals surface area contributed by atoms with E-state index in [4.69, 9.17) is 4.98 Å². The maximum atomic E-state index is 13.3. The Bertz CT molecular complexity index is 1670. The molecule has 2 fully saturated rings. The Morgan fingerprint density at radius 2 is 1.89 bits per heavy atom. The Hall–Kier alpha value is -4.09. The lowest BCUT2D eigenvalue weighted by atomic mass is 10.0. The average molecular weight is 617 g/mol. The van der Waals surface area contributed by atoms with Crippen LogP contribution in [-0.4, -0.2) is 78.5 Å². The van der Waals surface area contributed by atoms with Gasteiger partial charge in [0.25, 0.3) is 5.91 Å². The molecule has 0 bridgehead atoms. The van der Waals surface area contributed by atoms with E-state index >= 15 is 0 Å². The maximum Gasteiger partial charge on any atom is 0.257 e. The first kappa shape index (κ1) is 31.3. The molecule has 1 aliphatic carbocycles. The molecule has 0 radical (unpaired) electrons. The van der Waals surface area contributed by atoms with Crippen molar-refractivity contribution in [1.82, 2.24) is 19.8 Å². The molecule has 232 valence electrons. The zero-order chi connectivity index (χ0) is 31.6. The third kappa shape index (κ3) is 7.16. The van der Waals surface area contributed by atoms with Crippen LogP contribution < -0.4 is 10.6 Å². The lowest BCUT2D eigenvalue weighted by Crippen LogP contribution is -2.54. The fourth-order valence-corrected chi connectivity index (χ4v) is 6.58. The first-order chi connectivity index (χ1) is 20.9. The monoisotopic (exact) mass is 616 g/mol. The van der Waals surface area contributed by atoms with Crippen molar-refractivity contribution in [3.63, 3.8) is 0 Å². The third-order valence-corrected chi connectivity index (χ3v) is 9.50. The molecule has 1 saturated carbocycles. The van der Waals surface area contributed by atoms with E-state index in [-0.39, 0.29) is 28.4 Å². The van der Waals surface area contributed by atoms with Crippen molar-refractivity contribution in [1.29, 1.82) is 0 Å². The number of aromatic nitrogens is 2. The van der Waals surface area contributed by atoms with Crippen LogP contribution in [-0.2, 0) is 14.6 Å². The second kappa shape index (κ2) is 12.9. The minimum absolute atomic E-state index is 0.00513. The van der Waals surface area contributed by atoms with Gasteiger partial charge in [-0.1, -0.05) is 18.7 Å². The summed E-state index contributed by atoms with van der Waals surface area (Å²) in [5, 5.41) is 6.29. The molecule has 0 unspecified atom stereocenters. The van der Waals surface area contributed by atoms with E-state index in [0.29, 0.717) is 49.2 Å². The van der Waals surface area contributed by atoms with Crippen LogP contribution in [0.5, 0.6) is 0 Å². The van der Waals surface area contributed by atoms with Crippen molar-refractivity contribution < 1.29 is 18.0 Å². The summed E-state index contributed by atoms with van der Waals surface area (Å²) in [4.78, 5) is 38.7. The van der Waals surface area contributed by atoms with Crippen LogP contribution in [0.3, 0.4) is 0 Å². The number of nitrogens with one attached hydrogen (secondary N) is 2. The lowest BCUT2D eigenvalue weighted by Gasteiger charge is -2.40. The highest BCUT2D eigenvalue weighted by atomic mass is 32.2. The molecule has 2 aliphatic rings. The fourth-order valence-electron chi connectivity index (χ4n) is 5.73. The zero-order valence-corrected chi connectivity index (χ0v) is 26.5. The summed E-state index contributed by atoms with van der Waals surface area (Å²) >= 11 is 0. The second-order valence-corrected chi connectivity index (χ2v) is 13.9. The summed E-state index contributed by atoms with van der Waals surface area (Å²) in [5.41, 5.74) is 4.07. The summed E-state index contributed by atoms with van der Waals surface area (Å²) in [6, 6.07) is 10.5. The smallest absolute Gasteiger partial charge is 0.257 e. The number of aryl methyl sites for hydroxylation is 2. The number of hydrogen-bond acceptors (Lipinski definition) is 8. The molecular formula is C33H40N6O4S. The molecule has 2 aromatic heterocycles. The van der Waals surface area contributed by atoms with E-state index in [2.05, 4.69) is 33.2 Å². The molecule has 10 nitrogen and oxygen atoms in total. The van der Waals surface area contributed by atoms with Gasteiger partial charge in [0.2, 0.25) is 5.91 Å². The molecule has 2 atom stereocenters. The molecule has 2 N–H and O–H groups in total. The van der Waals surface area contributed by atoms with Gasteiger partial charge in [0, 0.05) is 56.4 Å². The van der Waals surface area contributed by atoms with Gasteiger partial charge in [0.15, 0.2) is 9.84 Å². The molecule has 1 aliphatic heterocycles. The van der Waals surface area contributed by atoms with Crippen molar-refractivity contribution in [2.45, 2.75) is 56.5 Å². The summed E-state index contributed by atoms with van der Waals surface area (Å²) in [5.74, 6) is 0.465. The number of nitrogens with zero attached hydrogens (tertiary/aromatic N) is 4. The van der Waals surface area contributed by atoms with Crippen LogP contribution in [0.1, 0.15) is 64.5 Å². The van der Waals surface area contributed by atoms with Crippen molar-refractivity contribution >= 4 is 33.2 Å². The third-order valence-electron chi connectivity index (χ3n) is 8.37. The number of carbonyl (C=O) groups is 2. The average Bonchev–Trinajstić information content (AvgIpc) is 3.83. The van der Waals surface area contributed by atoms with Gasteiger partial charge in [-0.3, -0.25) is 19.5 Å². The van der Waals surface area contributed by atoms with E-state index < -0.39 is 15.7 Å². The predicted molar refractivity (Wildman–Crippen MR) is 172 cm³/mol. The van der Waals surface area contributed by atoms with Crippen LogP contribution in [0.15, 0.2) is 66.3 Å². The molecule has 1 saturated heterocycles. The molecule has 3 heterocycles. The molecule has 2 amide bonds. The Morgan fingerprint density at radius 3 is 2.50 bits per heavy atom. The highest BCUT2D eigenvalue weighted by Gasteiger charge is 2.30. The van der Waals surface area contributed by atoms with Gasteiger partial charge >= 0.3 is 0 Å². The molecular weight excluding hydrogens is 576 g/mol. The standard InChI is InChI=1S/C33H40N6O4S/c1-6-31(40)39-15-14-38(19-23(39)4)20-29(27-12-11-25(18-35-27)24-9-10-24)36-28-16-22(3)26(17-30(28)44(5,42)43)33(41)37-32-21(2)8-7-13-34-32/h6-8,11-13,16-18,23-24,29,36H,1,9-10,14-15,19-20H2,2-5H3,(H,34,37,41)/t23-,29-/m1/s1. The van der Waals surface area contributed by atoms with Crippen LogP contribution in [0, 0.1) is 13.8 Å². The number of rotatable bonds is 10. The van der Waals surface area contributed by atoms with Gasteiger partial charge in [0.05, 0.1) is 22.3 Å². The molecule has 0 spiro atoms. The summed E-state index contributed by atoms with van der Waals surface area (Å²) in [7, 11) is -3.73. The van der Waals surface area contributed by atoms with E-state index in [1.807, 2.05) is 37.1 Å². The number of anilines is 2. The number of carbonyl (C=O) groups excluding carboxylic acids is 2. The van der Waals surface area contributed by atoms with E-state index in [0.717, 1.165) is 17.5 Å². The molecule has 3 aromatic rings. The quantitative estimate of drug-likeness (QED) is 0.319. The molecule has 1 aromatic carbocycles. The van der Waals surface area contributed by atoms with Crippen LogP contribution in [0.4, 0.5) is 11.5 Å². The first-order valence-corrected chi connectivity index (χ1v) is 16.8. The van der Waals surface area contributed by atoms with E-state index in [9.17, 15) is 18.0 Å². The summed E-state index contributed by atoms with van der Waals surface area (Å²) in [6.45, 7) is 11.7. The number of sulfone groups is 1. The topological polar surface area (TPSA) is 125 Å². The van der Waals surface area contributed by atoms with Crippen LogP contribution in [0.25, 0.3) is 0 Å². The van der Waals surface area contributed by atoms with Gasteiger partial charge < -0.3 is 15.5 Å². The molecule has 11 heteroatoms. The van der Waals surface area contributed by atoms with E-state index in [1.165, 1.54) is 30.5 Å². The van der Waals surface area contributed by atoms with Gasteiger partial charge in [-0.05, 0) is 86.6 Å². The Morgan fingerprint density at radius 1 is 1.11 bits per heavy atom. The van der Waals surface area contributed by atoms with Gasteiger partial charge in [-0.2, -0.15) is 0 Å². The highest BCUT2D eigenvalue weighted by Crippen LogP contribution is 2.40. The maximum absolute atomic E-state index is 13.3.